The smallest absolute Gasteiger partial charge is 0.221 e. The van der Waals surface area contributed by atoms with Gasteiger partial charge in [-0.2, -0.15) is 0 Å². The number of carbonyl (C=O) groups excluding carboxylic acids is 1. The summed E-state index contributed by atoms with van der Waals surface area (Å²) in [5.41, 5.74) is 0.406. The summed E-state index contributed by atoms with van der Waals surface area (Å²) in [5, 5.41) is 6.66. The number of nitrogens with one attached hydrogen (secondary N) is 2. The Labute approximate surface area is 124 Å². The molecule has 2 fully saturated rings. The van der Waals surface area contributed by atoms with Crippen LogP contribution in [0.4, 0.5) is 0 Å². The van der Waals surface area contributed by atoms with Crippen LogP contribution < -0.4 is 10.6 Å². The lowest BCUT2D eigenvalue weighted by Crippen LogP contribution is -2.49. The maximum Gasteiger partial charge on any atom is 0.221 e. The van der Waals surface area contributed by atoms with Gasteiger partial charge in [0.15, 0.2) is 0 Å². The molecule has 0 atom stereocenters. The average Bonchev–Trinajstić information content (AvgIpc) is 2.47. The molecule has 116 valence electrons. The van der Waals surface area contributed by atoms with E-state index in [4.69, 9.17) is 0 Å². The molecule has 2 rings (SSSR count). The summed E-state index contributed by atoms with van der Waals surface area (Å²) in [7, 11) is 2.01. The van der Waals surface area contributed by atoms with Crippen LogP contribution in [0.2, 0.25) is 0 Å². The zero-order chi connectivity index (χ0) is 14.5. The fourth-order valence-electron chi connectivity index (χ4n) is 4.01. The van der Waals surface area contributed by atoms with Gasteiger partial charge in [-0.15, -0.1) is 0 Å². The molecule has 3 nitrogen and oxygen atoms in total. The minimum Gasteiger partial charge on any atom is -0.355 e. The Morgan fingerprint density at radius 2 is 1.50 bits per heavy atom. The van der Waals surface area contributed by atoms with E-state index in [2.05, 4.69) is 17.6 Å². The van der Waals surface area contributed by atoms with Gasteiger partial charge in [-0.25, -0.2) is 0 Å². The Morgan fingerprint density at radius 1 is 0.950 bits per heavy atom. The van der Waals surface area contributed by atoms with E-state index in [1.54, 1.807) is 0 Å². The van der Waals surface area contributed by atoms with Gasteiger partial charge in [-0.3, -0.25) is 4.79 Å². The third kappa shape index (κ3) is 4.21. The summed E-state index contributed by atoms with van der Waals surface area (Å²) in [6, 6.07) is 0. The molecule has 20 heavy (non-hydrogen) atoms. The van der Waals surface area contributed by atoms with Crippen LogP contribution in [0.25, 0.3) is 0 Å². The predicted molar refractivity (Wildman–Crippen MR) is 83.7 cm³/mol. The zero-order valence-electron chi connectivity index (χ0n) is 13.4. The van der Waals surface area contributed by atoms with Crippen molar-refractivity contribution in [1.29, 1.82) is 0 Å². The summed E-state index contributed by atoms with van der Waals surface area (Å²) in [4.78, 5) is 12.3. The number of hydrogen-bond acceptors (Lipinski definition) is 2. The first-order valence-electron chi connectivity index (χ1n) is 8.53. The fourth-order valence-corrected chi connectivity index (χ4v) is 4.01. The van der Waals surface area contributed by atoms with Gasteiger partial charge < -0.3 is 10.6 Å². The van der Waals surface area contributed by atoms with Crippen LogP contribution in [0.5, 0.6) is 0 Å². The Balaban J connectivity index is 1.79. The molecule has 0 radical (unpaired) electrons. The zero-order valence-corrected chi connectivity index (χ0v) is 13.4. The SMILES string of the molecule is CNC1(CC(=O)NCC2(C)CCCCC2)CCCCC1. The second kappa shape index (κ2) is 6.93. The summed E-state index contributed by atoms with van der Waals surface area (Å²) < 4.78 is 0. The van der Waals surface area contributed by atoms with Crippen molar-refractivity contribution in [3.8, 4) is 0 Å². The molecule has 0 aliphatic heterocycles. The van der Waals surface area contributed by atoms with Crippen LogP contribution in [-0.4, -0.2) is 25.0 Å². The molecule has 0 aromatic rings. The monoisotopic (exact) mass is 280 g/mol. The molecule has 1 amide bonds. The highest BCUT2D eigenvalue weighted by atomic mass is 16.1. The molecule has 2 aliphatic carbocycles. The van der Waals surface area contributed by atoms with Crippen molar-refractivity contribution in [2.45, 2.75) is 83.1 Å². The summed E-state index contributed by atoms with van der Waals surface area (Å²) in [6.45, 7) is 3.20. The molecule has 0 aromatic heterocycles. The number of amides is 1. The van der Waals surface area contributed by atoms with Crippen LogP contribution in [0.1, 0.15) is 77.6 Å². The van der Waals surface area contributed by atoms with Crippen LogP contribution in [0.15, 0.2) is 0 Å². The highest BCUT2D eigenvalue weighted by Gasteiger charge is 2.33. The van der Waals surface area contributed by atoms with Crippen molar-refractivity contribution in [3.63, 3.8) is 0 Å². The van der Waals surface area contributed by atoms with Gasteiger partial charge in [0.2, 0.25) is 5.91 Å². The lowest BCUT2D eigenvalue weighted by atomic mass is 9.75. The number of carbonyl (C=O) groups is 1. The Bertz CT molecular complexity index is 315. The van der Waals surface area contributed by atoms with Crippen molar-refractivity contribution in [1.82, 2.24) is 10.6 Å². The fraction of sp³-hybridized carbons (Fsp3) is 0.941. The topological polar surface area (TPSA) is 41.1 Å². The van der Waals surface area contributed by atoms with Gasteiger partial charge in [-0.05, 0) is 38.1 Å². The van der Waals surface area contributed by atoms with Crippen molar-refractivity contribution in [3.05, 3.63) is 0 Å². The molecule has 2 saturated carbocycles. The van der Waals surface area contributed by atoms with Gasteiger partial charge in [-0.1, -0.05) is 45.4 Å². The van der Waals surface area contributed by atoms with E-state index in [-0.39, 0.29) is 11.4 Å². The average molecular weight is 280 g/mol. The first-order valence-corrected chi connectivity index (χ1v) is 8.53. The van der Waals surface area contributed by atoms with E-state index < -0.39 is 0 Å². The normalized spacial score (nSPS) is 25.1. The lowest BCUT2D eigenvalue weighted by Gasteiger charge is -2.38. The molecule has 0 aromatic carbocycles. The second-order valence-corrected chi connectivity index (χ2v) is 7.42. The van der Waals surface area contributed by atoms with Crippen molar-refractivity contribution in [2.24, 2.45) is 5.41 Å². The molecular formula is C17H32N2O. The van der Waals surface area contributed by atoms with Crippen LogP contribution in [0, 0.1) is 5.41 Å². The summed E-state index contributed by atoms with van der Waals surface area (Å²) in [5.74, 6) is 0.244. The summed E-state index contributed by atoms with van der Waals surface area (Å²) >= 11 is 0. The molecule has 0 unspecified atom stereocenters. The molecule has 3 heteroatoms. The Morgan fingerprint density at radius 3 is 2.05 bits per heavy atom. The van der Waals surface area contributed by atoms with E-state index in [1.807, 2.05) is 7.05 Å². The quantitative estimate of drug-likeness (QED) is 0.810. The molecule has 2 aliphatic rings. The third-order valence-electron chi connectivity index (χ3n) is 5.61. The highest BCUT2D eigenvalue weighted by molar-refractivity contribution is 5.77. The maximum absolute atomic E-state index is 12.3. The minimum absolute atomic E-state index is 0.0653. The van der Waals surface area contributed by atoms with Crippen molar-refractivity contribution >= 4 is 5.91 Å². The van der Waals surface area contributed by atoms with Crippen molar-refractivity contribution in [2.75, 3.05) is 13.6 Å². The van der Waals surface area contributed by atoms with E-state index >= 15 is 0 Å². The molecule has 0 spiro atoms. The van der Waals surface area contributed by atoms with Crippen LogP contribution in [0.3, 0.4) is 0 Å². The first-order chi connectivity index (χ1) is 9.58. The second-order valence-electron chi connectivity index (χ2n) is 7.42. The predicted octanol–water partition coefficient (Wildman–Crippen LogP) is 3.39. The van der Waals surface area contributed by atoms with Crippen LogP contribution in [-0.2, 0) is 4.79 Å². The van der Waals surface area contributed by atoms with Crippen LogP contribution >= 0.6 is 0 Å². The summed E-state index contributed by atoms with van der Waals surface area (Å²) in [6.07, 6.45) is 13.3. The highest BCUT2D eigenvalue weighted by Crippen LogP contribution is 2.35. The van der Waals surface area contributed by atoms with E-state index in [0.717, 1.165) is 19.4 Å². The van der Waals surface area contributed by atoms with Gasteiger partial charge >= 0.3 is 0 Å². The first kappa shape index (κ1) is 15.8. The van der Waals surface area contributed by atoms with Gasteiger partial charge in [0, 0.05) is 18.5 Å². The molecule has 0 bridgehead atoms. The number of hydrogen-bond donors (Lipinski definition) is 2. The van der Waals surface area contributed by atoms with Gasteiger partial charge in [0.1, 0.15) is 0 Å². The minimum atomic E-state index is 0.0653. The van der Waals surface area contributed by atoms with Gasteiger partial charge in [0.05, 0.1) is 0 Å². The molecule has 2 N–H and O–H groups in total. The van der Waals surface area contributed by atoms with Gasteiger partial charge in [0.25, 0.3) is 0 Å². The molecule has 0 heterocycles. The molecular weight excluding hydrogens is 248 g/mol. The Kier molecular flexibility index (Phi) is 5.48. The third-order valence-corrected chi connectivity index (χ3v) is 5.61. The maximum atomic E-state index is 12.3. The van der Waals surface area contributed by atoms with E-state index in [0.29, 0.717) is 11.8 Å². The van der Waals surface area contributed by atoms with E-state index in [1.165, 1.54) is 51.4 Å². The van der Waals surface area contributed by atoms with E-state index in [9.17, 15) is 4.79 Å². The lowest BCUT2D eigenvalue weighted by molar-refractivity contribution is -0.123. The number of rotatable bonds is 5. The largest absolute Gasteiger partial charge is 0.355 e. The van der Waals surface area contributed by atoms with Crippen molar-refractivity contribution < 1.29 is 4.79 Å². The molecule has 0 saturated heterocycles. The standard InChI is InChI=1S/C17H32N2O/c1-16(9-5-3-6-10-16)14-19-15(20)13-17(18-2)11-7-4-8-12-17/h18H,3-14H2,1-2H3,(H,19,20). The Hall–Kier alpha value is -0.570.